The van der Waals surface area contributed by atoms with E-state index in [2.05, 4.69) is 6.92 Å². The van der Waals surface area contributed by atoms with Gasteiger partial charge in [-0.2, -0.15) is 0 Å². The predicted molar refractivity (Wildman–Crippen MR) is 80.3 cm³/mol. The van der Waals surface area contributed by atoms with Crippen molar-refractivity contribution in [1.29, 1.82) is 0 Å². The molecule has 0 aromatic heterocycles. The minimum Gasteiger partial charge on any atom is -0.494 e. The zero-order valence-corrected chi connectivity index (χ0v) is 12.4. The number of hydrogen-bond acceptors (Lipinski definition) is 3. The van der Waals surface area contributed by atoms with Gasteiger partial charge in [-0.1, -0.05) is 31.9 Å². The van der Waals surface area contributed by atoms with Crippen LogP contribution in [0.1, 0.15) is 50.5 Å². The van der Waals surface area contributed by atoms with Crippen LogP contribution in [0, 0.1) is 0 Å². The number of aliphatic carboxylic acids is 1. The monoisotopic (exact) mass is 293 g/mol. The maximum absolute atomic E-state index is 11.0. The van der Waals surface area contributed by atoms with Crippen molar-refractivity contribution < 1.29 is 19.4 Å². The van der Waals surface area contributed by atoms with Gasteiger partial charge in [0, 0.05) is 12.3 Å². The minimum absolute atomic E-state index is 0.0308. The number of carboxylic acids is 1. The Morgan fingerprint density at radius 2 is 1.86 bits per heavy atom. The van der Waals surface area contributed by atoms with Crippen LogP contribution in [0.3, 0.4) is 0 Å². The second kappa shape index (κ2) is 9.00. The Morgan fingerprint density at radius 3 is 2.38 bits per heavy atom. The number of hydrogen-bond donors (Lipinski definition) is 2. The summed E-state index contributed by atoms with van der Waals surface area (Å²) in [6.07, 6.45) is 3.22. The number of rotatable bonds is 10. The molecule has 1 unspecified atom stereocenters. The SMILES string of the molecule is CCCCCOc1ccc(C(CC(N)=O)CC(=O)O)cc1. The highest BCUT2D eigenvalue weighted by Crippen LogP contribution is 2.25. The second-order valence-electron chi connectivity index (χ2n) is 5.09. The lowest BCUT2D eigenvalue weighted by atomic mass is 9.92. The van der Waals surface area contributed by atoms with Crippen molar-refractivity contribution in [3.05, 3.63) is 29.8 Å². The van der Waals surface area contributed by atoms with Gasteiger partial charge in [0.05, 0.1) is 13.0 Å². The molecule has 0 radical (unpaired) electrons. The Labute approximate surface area is 125 Å². The maximum atomic E-state index is 11.0. The molecular weight excluding hydrogens is 270 g/mol. The van der Waals surface area contributed by atoms with Crippen molar-refractivity contribution >= 4 is 11.9 Å². The van der Waals surface area contributed by atoms with Crippen LogP contribution in [0.25, 0.3) is 0 Å². The standard InChI is InChI=1S/C16H23NO4/c1-2-3-4-9-21-14-7-5-12(6-8-14)13(10-15(17)18)11-16(19)20/h5-8,13H,2-4,9-11H2,1H3,(H2,17,18)(H,19,20). The molecule has 21 heavy (non-hydrogen) atoms. The largest absolute Gasteiger partial charge is 0.494 e. The molecule has 0 aliphatic carbocycles. The normalized spacial score (nSPS) is 11.9. The molecule has 1 atom stereocenters. The van der Waals surface area contributed by atoms with Crippen LogP contribution < -0.4 is 10.5 Å². The van der Waals surface area contributed by atoms with E-state index in [1.807, 2.05) is 0 Å². The lowest BCUT2D eigenvalue weighted by molar-refractivity contribution is -0.137. The first-order valence-electron chi connectivity index (χ1n) is 7.25. The van der Waals surface area contributed by atoms with Gasteiger partial charge in [-0.25, -0.2) is 0 Å². The lowest BCUT2D eigenvalue weighted by Crippen LogP contribution is -2.17. The molecule has 1 rings (SSSR count). The van der Waals surface area contributed by atoms with Crippen LogP contribution in [0.15, 0.2) is 24.3 Å². The van der Waals surface area contributed by atoms with Crippen LogP contribution in [0.2, 0.25) is 0 Å². The van der Waals surface area contributed by atoms with Gasteiger partial charge in [0.25, 0.3) is 0 Å². The van der Waals surface area contributed by atoms with Crippen molar-refractivity contribution in [2.24, 2.45) is 5.73 Å². The van der Waals surface area contributed by atoms with Gasteiger partial charge in [-0.05, 0) is 24.1 Å². The van der Waals surface area contributed by atoms with E-state index in [1.165, 1.54) is 0 Å². The number of ether oxygens (including phenoxy) is 1. The molecule has 116 valence electrons. The van der Waals surface area contributed by atoms with Crippen molar-refractivity contribution in [2.45, 2.75) is 44.9 Å². The summed E-state index contributed by atoms with van der Waals surface area (Å²) in [6.45, 7) is 2.81. The number of carboxylic acid groups (broad SMARTS) is 1. The zero-order valence-electron chi connectivity index (χ0n) is 12.4. The highest BCUT2D eigenvalue weighted by molar-refractivity contribution is 5.76. The predicted octanol–water partition coefficient (Wildman–Crippen LogP) is 2.69. The van der Waals surface area contributed by atoms with Gasteiger partial charge in [0.2, 0.25) is 5.91 Å². The van der Waals surface area contributed by atoms with E-state index < -0.39 is 17.8 Å². The highest BCUT2D eigenvalue weighted by atomic mass is 16.5. The number of benzene rings is 1. The first-order valence-corrected chi connectivity index (χ1v) is 7.25. The second-order valence-corrected chi connectivity index (χ2v) is 5.09. The molecule has 0 spiro atoms. The van der Waals surface area contributed by atoms with Crippen LogP contribution in [0.4, 0.5) is 0 Å². The number of primary amides is 1. The lowest BCUT2D eigenvalue weighted by Gasteiger charge is -2.14. The van der Waals surface area contributed by atoms with E-state index >= 15 is 0 Å². The number of carbonyl (C=O) groups excluding carboxylic acids is 1. The molecule has 1 aromatic rings. The van der Waals surface area contributed by atoms with Crippen molar-refractivity contribution in [1.82, 2.24) is 0 Å². The van der Waals surface area contributed by atoms with E-state index in [9.17, 15) is 9.59 Å². The van der Waals surface area contributed by atoms with Crippen LogP contribution >= 0.6 is 0 Å². The molecule has 3 N–H and O–H groups in total. The van der Waals surface area contributed by atoms with E-state index in [1.54, 1.807) is 24.3 Å². The summed E-state index contributed by atoms with van der Waals surface area (Å²) in [5.41, 5.74) is 5.96. The molecule has 1 aromatic carbocycles. The Balaban J connectivity index is 2.63. The van der Waals surface area contributed by atoms with Crippen molar-refractivity contribution in [3.8, 4) is 5.75 Å². The third kappa shape index (κ3) is 6.79. The van der Waals surface area contributed by atoms with Gasteiger partial charge in [-0.3, -0.25) is 9.59 Å². The molecule has 0 heterocycles. The summed E-state index contributed by atoms with van der Waals surface area (Å²) in [5, 5.41) is 8.90. The van der Waals surface area contributed by atoms with Crippen LogP contribution in [0.5, 0.6) is 5.75 Å². The highest BCUT2D eigenvalue weighted by Gasteiger charge is 2.18. The van der Waals surface area contributed by atoms with E-state index in [0.717, 1.165) is 30.6 Å². The van der Waals surface area contributed by atoms with Crippen LogP contribution in [-0.2, 0) is 9.59 Å². The quantitative estimate of drug-likeness (QED) is 0.649. The average Bonchev–Trinajstić information content (AvgIpc) is 2.42. The molecule has 5 nitrogen and oxygen atoms in total. The summed E-state index contributed by atoms with van der Waals surface area (Å²) in [7, 11) is 0. The molecule has 0 saturated heterocycles. The van der Waals surface area contributed by atoms with Gasteiger partial charge in [-0.15, -0.1) is 0 Å². The smallest absolute Gasteiger partial charge is 0.303 e. The van der Waals surface area contributed by atoms with E-state index in [4.69, 9.17) is 15.6 Å². The number of amides is 1. The molecule has 0 aliphatic heterocycles. The van der Waals surface area contributed by atoms with Gasteiger partial charge in [0.15, 0.2) is 0 Å². The number of nitrogens with two attached hydrogens (primary N) is 1. The fraction of sp³-hybridized carbons (Fsp3) is 0.500. The third-order valence-corrected chi connectivity index (χ3v) is 3.24. The molecule has 0 fully saturated rings. The Kier molecular flexibility index (Phi) is 7.29. The summed E-state index contributed by atoms with van der Waals surface area (Å²) in [4.78, 5) is 21.9. The zero-order chi connectivity index (χ0) is 15.7. The summed E-state index contributed by atoms with van der Waals surface area (Å²) in [6, 6.07) is 7.20. The minimum atomic E-state index is -0.943. The molecule has 1 amide bonds. The first-order chi connectivity index (χ1) is 10.0. The average molecular weight is 293 g/mol. The van der Waals surface area contributed by atoms with Crippen LogP contribution in [-0.4, -0.2) is 23.6 Å². The topological polar surface area (TPSA) is 89.6 Å². The Hall–Kier alpha value is -2.04. The van der Waals surface area contributed by atoms with Gasteiger partial charge < -0.3 is 15.6 Å². The van der Waals surface area contributed by atoms with Crippen molar-refractivity contribution in [2.75, 3.05) is 6.61 Å². The third-order valence-electron chi connectivity index (χ3n) is 3.24. The summed E-state index contributed by atoms with van der Waals surface area (Å²) in [5.74, 6) is -1.08. The number of unbranched alkanes of at least 4 members (excludes halogenated alkanes) is 2. The molecule has 0 aliphatic rings. The first kappa shape index (κ1) is 17.0. The molecule has 0 saturated carbocycles. The fourth-order valence-corrected chi connectivity index (χ4v) is 2.14. The molecular formula is C16H23NO4. The van der Waals surface area contributed by atoms with Crippen molar-refractivity contribution in [3.63, 3.8) is 0 Å². The van der Waals surface area contributed by atoms with E-state index in [-0.39, 0.29) is 12.8 Å². The number of carbonyl (C=O) groups is 2. The molecule has 5 heteroatoms. The summed E-state index contributed by atoms with van der Waals surface area (Å²) >= 11 is 0. The maximum Gasteiger partial charge on any atom is 0.303 e. The fourth-order valence-electron chi connectivity index (χ4n) is 2.14. The van der Waals surface area contributed by atoms with E-state index in [0.29, 0.717) is 6.61 Å². The Bertz CT molecular complexity index is 440. The molecule has 0 bridgehead atoms. The Morgan fingerprint density at radius 1 is 1.19 bits per heavy atom. The summed E-state index contributed by atoms with van der Waals surface area (Å²) < 4.78 is 5.60. The van der Waals surface area contributed by atoms with Gasteiger partial charge in [0.1, 0.15) is 5.75 Å². The van der Waals surface area contributed by atoms with Gasteiger partial charge >= 0.3 is 5.97 Å².